The van der Waals surface area contributed by atoms with Crippen LogP contribution in [0.3, 0.4) is 0 Å². The summed E-state index contributed by atoms with van der Waals surface area (Å²) < 4.78 is 0. The van der Waals surface area contributed by atoms with E-state index in [1.807, 2.05) is 6.92 Å². The fourth-order valence-electron chi connectivity index (χ4n) is 2.05. The fourth-order valence-corrected chi connectivity index (χ4v) is 2.05. The average molecular weight is 263 g/mol. The normalized spacial score (nSPS) is 15.7. The van der Waals surface area contributed by atoms with Crippen LogP contribution in [0, 0.1) is 16.0 Å². The summed E-state index contributed by atoms with van der Waals surface area (Å²) in [4.78, 5) is 22.1. The van der Waals surface area contributed by atoms with Crippen molar-refractivity contribution in [1.29, 1.82) is 0 Å². The number of hydrogen-bond acceptors (Lipinski definition) is 4. The number of rotatable bonds is 5. The van der Waals surface area contributed by atoms with E-state index in [1.54, 1.807) is 12.1 Å². The molecular weight excluding hydrogens is 246 g/mol. The Morgan fingerprint density at radius 1 is 1.47 bits per heavy atom. The van der Waals surface area contributed by atoms with Gasteiger partial charge in [0.15, 0.2) is 0 Å². The standard InChI is InChI=1S/C13H17N3O3/c1-8(9-3-4-9)15-11-6-5-10(13(17)14-2)7-12(11)16(18)19/h5-9,15H,3-4H2,1-2H3,(H,14,17). The van der Waals surface area contributed by atoms with Crippen LogP contribution in [0.1, 0.15) is 30.1 Å². The summed E-state index contributed by atoms with van der Waals surface area (Å²) in [5.74, 6) is 0.267. The van der Waals surface area contributed by atoms with Crippen LogP contribution in [-0.2, 0) is 0 Å². The van der Waals surface area contributed by atoms with Gasteiger partial charge in [0, 0.05) is 24.7 Å². The molecule has 0 aromatic heterocycles. The zero-order valence-corrected chi connectivity index (χ0v) is 11.0. The van der Waals surface area contributed by atoms with Crippen molar-refractivity contribution >= 4 is 17.3 Å². The largest absolute Gasteiger partial charge is 0.377 e. The molecule has 1 atom stereocenters. The van der Waals surface area contributed by atoms with Gasteiger partial charge in [0.2, 0.25) is 0 Å². The van der Waals surface area contributed by atoms with Crippen LogP contribution in [0.15, 0.2) is 18.2 Å². The highest BCUT2D eigenvalue weighted by atomic mass is 16.6. The van der Waals surface area contributed by atoms with Crippen molar-refractivity contribution in [1.82, 2.24) is 5.32 Å². The topological polar surface area (TPSA) is 84.3 Å². The van der Waals surface area contributed by atoms with Gasteiger partial charge in [-0.3, -0.25) is 14.9 Å². The number of hydrogen-bond donors (Lipinski definition) is 2. The van der Waals surface area contributed by atoms with E-state index in [0.29, 0.717) is 17.2 Å². The number of amides is 1. The van der Waals surface area contributed by atoms with E-state index in [2.05, 4.69) is 10.6 Å². The lowest BCUT2D eigenvalue weighted by Gasteiger charge is -2.14. The molecular formula is C13H17N3O3. The molecule has 1 saturated carbocycles. The van der Waals surface area contributed by atoms with Gasteiger partial charge in [0.25, 0.3) is 11.6 Å². The molecule has 19 heavy (non-hydrogen) atoms. The quantitative estimate of drug-likeness (QED) is 0.629. The Hall–Kier alpha value is -2.11. The minimum Gasteiger partial charge on any atom is -0.377 e. The van der Waals surface area contributed by atoms with Crippen molar-refractivity contribution in [2.75, 3.05) is 12.4 Å². The Kier molecular flexibility index (Phi) is 3.69. The molecule has 1 fully saturated rings. The van der Waals surface area contributed by atoms with Crippen molar-refractivity contribution in [3.8, 4) is 0 Å². The lowest BCUT2D eigenvalue weighted by molar-refractivity contribution is -0.384. The van der Waals surface area contributed by atoms with Crippen LogP contribution in [0.5, 0.6) is 0 Å². The molecule has 1 aliphatic carbocycles. The predicted octanol–water partition coefficient (Wildman–Crippen LogP) is 2.16. The van der Waals surface area contributed by atoms with Gasteiger partial charge in [-0.25, -0.2) is 0 Å². The third kappa shape index (κ3) is 3.01. The second-order valence-electron chi connectivity index (χ2n) is 4.84. The maximum absolute atomic E-state index is 11.5. The summed E-state index contributed by atoms with van der Waals surface area (Å²) in [7, 11) is 1.50. The van der Waals surface area contributed by atoms with Gasteiger partial charge >= 0.3 is 0 Å². The maximum Gasteiger partial charge on any atom is 0.293 e. The molecule has 0 radical (unpaired) electrons. The molecule has 1 aromatic carbocycles. The number of nitrogens with one attached hydrogen (secondary N) is 2. The van der Waals surface area contributed by atoms with E-state index in [0.717, 1.165) is 12.8 Å². The molecule has 0 spiro atoms. The summed E-state index contributed by atoms with van der Waals surface area (Å²) in [6.45, 7) is 2.02. The van der Waals surface area contributed by atoms with Crippen LogP contribution >= 0.6 is 0 Å². The van der Waals surface area contributed by atoms with Crippen LogP contribution < -0.4 is 10.6 Å². The first kappa shape index (κ1) is 13.3. The van der Waals surface area contributed by atoms with E-state index in [9.17, 15) is 14.9 Å². The highest BCUT2D eigenvalue weighted by molar-refractivity contribution is 5.95. The molecule has 1 aliphatic rings. The Morgan fingerprint density at radius 2 is 2.16 bits per heavy atom. The predicted molar refractivity (Wildman–Crippen MR) is 72.3 cm³/mol. The molecule has 2 rings (SSSR count). The van der Waals surface area contributed by atoms with Crippen molar-refractivity contribution in [3.05, 3.63) is 33.9 Å². The first-order valence-electron chi connectivity index (χ1n) is 6.30. The van der Waals surface area contributed by atoms with Crippen LogP contribution in [0.2, 0.25) is 0 Å². The lowest BCUT2D eigenvalue weighted by atomic mass is 10.1. The van der Waals surface area contributed by atoms with E-state index < -0.39 is 4.92 Å². The van der Waals surface area contributed by atoms with Crippen LogP contribution in [0.4, 0.5) is 11.4 Å². The SMILES string of the molecule is CNC(=O)c1ccc(NC(C)C2CC2)c([N+](=O)[O-])c1. The number of carbonyl (C=O) groups excluding carboxylic acids is 1. The van der Waals surface area contributed by atoms with Gasteiger partial charge < -0.3 is 10.6 Å². The molecule has 1 amide bonds. The second kappa shape index (κ2) is 5.26. The number of nitro groups is 1. The molecule has 6 heteroatoms. The zero-order chi connectivity index (χ0) is 14.0. The van der Waals surface area contributed by atoms with Crippen molar-refractivity contribution in [2.24, 2.45) is 5.92 Å². The number of nitro benzene ring substituents is 1. The summed E-state index contributed by atoms with van der Waals surface area (Å²) in [6.07, 6.45) is 2.33. The summed E-state index contributed by atoms with van der Waals surface area (Å²) >= 11 is 0. The van der Waals surface area contributed by atoms with Gasteiger partial charge in [-0.1, -0.05) is 0 Å². The second-order valence-corrected chi connectivity index (χ2v) is 4.84. The number of anilines is 1. The molecule has 0 bridgehead atoms. The van der Waals surface area contributed by atoms with E-state index in [1.165, 1.54) is 13.1 Å². The minimum absolute atomic E-state index is 0.0615. The lowest BCUT2D eigenvalue weighted by Crippen LogP contribution is -2.20. The Bertz CT molecular complexity index is 512. The highest BCUT2D eigenvalue weighted by Crippen LogP contribution is 2.35. The van der Waals surface area contributed by atoms with E-state index in [-0.39, 0.29) is 17.6 Å². The maximum atomic E-state index is 11.5. The fraction of sp³-hybridized carbons (Fsp3) is 0.462. The van der Waals surface area contributed by atoms with Crippen LogP contribution in [-0.4, -0.2) is 23.9 Å². The number of carbonyl (C=O) groups is 1. The van der Waals surface area contributed by atoms with Crippen molar-refractivity contribution in [2.45, 2.75) is 25.8 Å². The smallest absolute Gasteiger partial charge is 0.293 e. The third-order valence-electron chi connectivity index (χ3n) is 3.40. The first-order chi connectivity index (χ1) is 9.02. The van der Waals surface area contributed by atoms with E-state index >= 15 is 0 Å². The summed E-state index contributed by atoms with van der Waals surface area (Å²) in [6, 6.07) is 4.71. The van der Waals surface area contributed by atoms with Crippen LogP contribution in [0.25, 0.3) is 0 Å². The Labute approximate surface area is 111 Å². The molecule has 0 aliphatic heterocycles. The third-order valence-corrected chi connectivity index (χ3v) is 3.40. The number of benzene rings is 1. The van der Waals surface area contributed by atoms with Gasteiger partial charge in [0.1, 0.15) is 5.69 Å². The van der Waals surface area contributed by atoms with E-state index in [4.69, 9.17) is 0 Å². The molecule has 1 aromatic rings. The van der Waals surface area contributed by atoms with Gasteiger partial charge in [0.05, 0.1) is 4.92 Å². The average Bonchev–Trinajstić information content (AvgIpc) is 3.22. The van der Waals surface area contributed by atoms with Gasteiger partial charge in [-0.15, -0.1) is 0 Å². The monoisotopic (exact) mass is 263 g/mol. The highest BCUT2D eigenvalue weighted by Gasteiger charge is 2.29. The molecule has 6 nitrogen and oxygen atoms in total. The minimum atomic E-state index is -0.464. The molecule has 1 unspecified atom stereocenters. The summed E-state index contributed by atoms with van der Waals surface area (Å²) in [5.41, 5.74) is 0.699. The Morgan fingerprint density at radius 3 is 2.68 bits per heavy atom. The summed E-state index contributed by atoms with van der Waals surface area (Å²) in [5, 5.41) is 16.7. The molecule has 0 heterocycles. The Balaban J connectivity index is 2.26. The first-order valence-corrected chi connectivity index (χ1v) is 6.30. The molecule has 2 N–H and O–H groups in total. The van der Waals surface area contributed by atoms with Gasteiger partial charge in [-0.2, -0.15) is 0 Å². The zero-order valence-electron chi connectivity index (χ0n) is 11.0. The number of nitrogens with zero attached hydrogens (tertiary/aromatic N) is 1. The van der Waals surface area contributed by atoms with Crippen molar-refractivity contribution in [3.63, 3.8) is 0 Å². The molecule has 102 valence electrons. The van der Waals surface area contributed by atoms with Crippen molar-refractivity contribution < 1.29 is 9.72 Å². The van der Waals surface area contributed by atoms with Gasteiger partial charge in [-0.05, 0) is 37.8 Å². The molecule has 0 saturated heterocycles.